The van der Waals surface area contributed by atoms with Gasteiger partial charge in [0.2, 0.25) is 10.0 Å². The van der Waals surface area contributed by atoms with Crippen LogP contribution >= 0.6 is 0 Å². The second-order valence-electron chi connectivity index (χ2n) is 5.92. The van der Waals surface area contributed by atoms with Crippen molar-refractivity contribution in [3.05, 3.63) is 59.7 Å². The molecule has 0 bridgehead atoms. The Kier molecular flexibility index (Phi) is 7.38. The van der Waals surface area contributed by atoms with Crippen molar-refractivity contribution in [1.82, 2.24) is 0 Å². The molecule has 8 nitrogen and oxygen atoms in total. The zero-order valence-corrected chi connectivity index (χ0v) is 17.0. The largest absolute Gasteiger partial charge is 0.497 e. The maximum Gasteiger partial charge on any atom is 0.331 e. The van der Waals surface area contributed by atoms with Crippen LogP contribution in [0.5, 0.6) is 11.5 Å². The van der Waals surface area contributed by atoms with Crippen molar-refractivity contribution in [2.75, 3.05) is 31.8 Å². The average Bonchev–Trinajstić information content (AvgIpc) is 2.69. The van der Waals surface area contributed by atoms with Gasteiger partial charge in [0.05, 0.1) is 20.5 Å². The van der Waals surface area contributed by atoms with Gasteiger partial charge in [-0.3, -0.25) is 9.52 Å². The van der Waals surface area contributed by atoms with E-state index >= 15 is 0 Å². The Balaban J connectivity index is 1.95. The van der Waals surface area contributed by atoms with Gasteiger partial charge in [-0.25, -0.2) is 13.2 Å². The molecule has 154 valence electrons. The van der Waals surface area contributed by atoms with Crippen LogP contribution in [0.25, 0.3) is 6.08 Å². The standard InChI is InChI=1S/C20H21NO7S/c1-26-17-9-10-19(27-2)15(12-17)6-11-20(23)28-13-18(22)14-4-7-16(8-5-14)21-29(3,24)25/h4-12,21H,13H2,1-3H3/b11-6+. The molecule has 0 spiro atoms. The number of nitrogens with one attached hydrogen (secondary N) is 1. The second kappa shape index (κ2) is 9.74. The Morgan fingerprint density at radius 2 is 1.72 bits per heavy atom. The summed E-state index contributed by atoms with van der Waals surface area (Å²) in [6, 6.07) is 10.9. The van der Waals surface area contributed by atoms with Gasteiger partial charge in [0.15, 0.2) is 12.4 Å². The molecule has 0 heterocycles. The summed E-state index contributed by atoms with van der Waals surface area (Å²) in [6.45, 7) is -0.447. The fraction of sp³-hybridized carbons (Fsp3) is 0.200. The maximum atomic E-state index is 12.1. The Bertz CT molecular complexity index is 1010. The van der Waals surface area contributed by atoms with Crippen molar-refractivity contribution < 1.29 is 32.2 Å². The van der Waals surface area contributed by atoms with Crippen LogP contribution in [0, 0.1) is 0 Å². The van der Waals surface area contributed by atoms with E-state index in [0.29, 0.717) is 22.7 Å². The number of esters is 1. The minimum absolute atomic E-state index is 0.287. The zero-order chi connectivity index (χ0) is 21.4. The van der Waals surface area contributed by atoms with Crippen LogP contribution in [0.2, 0.25) is 0 Å². The summed E-state index contributed by atoms with van der Waals surface area (Å²) < 4.78 is 40.0. The first-order chi connectivity index (χ1) is 13.7. The van der Waals surface area contributed by atoms with Gasteiger partial charge in [-0.15, -0.1) is 0 Å². The predicted octanol–water partition coefficient (Wildman–Crippen LogP) is 2.51. The molecule has 2 aromatic rings. The molecule has 1 N–H and O–H groups in total. The lowest BCUT2D eigenvalue weighted by Crippen LogP contribution is -2.13. The zero-order valence-electron chi connectivity index (χ0n) is 16.2. The van der Waals surface area contributed by atoms with Gasteiger partial charge in [0, 0.05) is 22.9 Å². The first-order valence-electron chi connectivity index (χ1n) is 8.40. The minimum atomic E-state index is -3.40. The Hall–Kier alpha value is -3.33. The van der Waals surface area contributed by atoms with E-state index in [1.807, 2.05) is 0 Å². The van der Waals surface area contributed by atoms with Gasteiger partial charge >= 0.3 is 5.97 Å². The number of sulfonamides is 1. The number of Topliss-reactive ketones (excluding diaryl/α,β-unsaturated/α-hetero) is 1. The molecule has 0 aliphatic heterocycles. The highest BCUT2D eigenvalue weighted by Gasteiger charge is 2.10. The molecular formula is C20H21NO7S. The molecule has 2 rings (SSSR count). The van der Waals surface area contributed by atoms with Crippen molar-refractivity contribution in [3.8, 4) is 11.5 Å². The Morgan fingerprint density at radius 3 is 2.31 bits per heavy atom. The molecule has 0 aliphatic rings. The average molecular weight is 419 g/mol. The number of hydrogen-bond donors (Lipinski definition) is 1. The fourth-order valence-corrected chi connectivity index (χ4v) is 2.90. The number of benzene rings is 2. The summed E-state index contributed by atoms with van der Waals surface area (Å²) in [5, 5.41) is 0. The molecule has 0 fully saturated rings. The number of methoxy groups -OCH3 is 2. The van der Waals surface area contributed by atoms with Crippen LogP contribution in [-0.4, -0.2) is 47.3 Å². The van der Waals surface area contributed by atoms with Gasteiger partial charge in [0.25, 0.3) is 0 Å². The van der Waals surface area contributed by atoms with E-state index in [9.17, 15) is 18.0 Å². The van der Waals surface area contributed by atoms with Crippen LogP contribution < -0.4 is 14.2 Å². The predicted molar refractivity (Wildman–Crippen MR) is 109 cm³/mol. The fourth-order valence-electron chi connectivity index (χ4n) is 2.33. The Morgan fingerprint density at radius 1 is 1.03 bits per heavy atom. The van der Waals surface area contributed by atoms with Crippen LogP contribution in [0.1, 0.15) is 15.9 Å². The number of ketones is 1. The first-order valence-corrected chi connectivity index (χ1v) is 10.3. The summed E-state index contributed by atoms with van der Waals surface area (Å²) in [4.78, 5) is 24.0. The topological polar surface area (TPSA) is 108 Å². The molecule has 29 heavy (non-hydrogen) atoms. The highest BCUT2D eigenvalue weighted by molar-refractivity contribution is 7.92. The third kappa shape index (κ3) is 6.96. The lowest BCUT2D eigenvalue weighted by molar-refractivity contribution is -0.136. The third-order valence-electron chi connectivity index (χ3n) is 3.69. The third-order valence-corrected chi connectivity index (χ3v) is 4.30. The normalized spacial score (nSPS) is 11.1. The van der Waals surface area contributed by atoms with Crippen LogP contribution in [0.15, 0.2) is 48.5 Å². The van der Waals surface area contributed by atoms with Crippen LogP contribution in [0.4, 0.5) is 5.69 Å². The first kappa shape index (κ1) is 22.0. The number of anilines is 1. The number of hydrogen-bond acceptors (Lipinski definition) is 7. The molecule has 0 amide bonds. The quantitative estimate of drug-likeness (QED) is 0.378. The van der Waals surface area contributed by atoms with Crippen LogP contribution in [-0.2, 0) is 19.6 Å². The van der Waals surface area contributed by atoms with Gasteiger partial charge in [-0.2, -0.15) is 0 Å². The minimum Gasteiger partial charge on any atom is -0.497 e. The summed E-state index contributed by atoms with van der Waals surface area (Å²) in [5.41, 5.74) is 1.23. The van der Waals surface area contributed by atoms with E-state index in [1.54, 1.807) is 18.2 Å². The monoisotopic (exact) mass is 419 g/mol. The van der Waals surface area contributed by atoms with Crippen molar-refractivity contribution in [1.29, 1.82) is 0 Å². The molecule has 0 saturated heterocycles. The highest BCUT2D eigenvalue weighted by Crippen LogP contribution is 2.25. The number of rotatable bonds is 9. The number of ether oxygens (including phenoxy) is 3. The summed E-state index contributed by atoms with van der Waals surface area (Å²) in [6.07, 6.45) is 3.71. The van der Waals surface area contributed by atoms with E-state index in [1.165, 1.54) is 50.6 Å². The van der Waals surface area contributed by atoms with Crippen molar-refractivity contribution in [3.63, 3.8) is 0 Å². The van der Waals surface area contributed by atoms with E-state index < -0.39 is 28.4 Å². The Labute approximate surface area is 169 Å². The molecule has 0 radical (unpaired) electrons. The van der Waals surface area contributed by atoms with Gasteiger partial charge < -0.3 is 14.2 Å². The van der Waals surface area contributed by atoms with Crippen molar-refractivity contribution in [2.24, 2.45) is 0 Å². The van der Waals surface area contributed by atoms with Crippen molar-refractivity contribution >= 4 is 33.5 Å². The lowest BCUT2D eigenvalue weighted by atomic mass is 10.1. The summed E-state index contributed by atoms with van der Waals surface area (Å²) >= 11 is 0. The van der Waals surface area contributed by atoms with Crippen LogP contribution in [0.3, 0.4) is 0 Å². The van der Waals surface area contributed by atoms with E-state index in [4.69, 9.17) is 14.2 Å². The van der Waals surface area contributed by atoms with E-state index in [2.05, 4.69) is 4.72 Å². The SMILES string of the molecule is COc1ccc(OC)c(/C=C/C(=O)OCC(=O)c2ccc(NS(C)(=O)=O)cc2)c1. The molecule has 2 aromatic carbocycles. The summed E-state index contributed by atoms with van der Waals surface area (Å²) in [7, 11) is -0.366. The van der Waals surface area contributed by atoms with E-state index in [-0.39, 0.29) is 5.56 Å². The molecule has 0 aliphatic carbocycles. The van der Waals surface area contributed by atoms with Gasteiger partial charge in [-0.1, -0.05) is 0 Å². The summed E-state index contributed by atoms with van der Waals surface area (Å²) in [5.74, 6) is 0.0340. The van der Waals surface area contributed by atoms with Gasteiger partial charge in [0.1, 0.15) is 11.5 Å². The van der Waals surface area contributed by atoms with Crippen molar-refractivity contribution in [2.45, 2.75) is 0 Å². The molecular weight excluding hydrogens is 398 g/mol. The number of carbonyl (C=O) groups is 2. The maximum absolute atomic E-state index is 12.1. The van der Waals surface area contributed by atoms with Gasteiger partial charge in [-0.05, 0) is 48.5 Å². The molecule has 0 aromatic heterocycles. The molecule has 0 unspecified atom stereocenters. The second-order valence-corrected chi connectivity index (χ2v) is 7.67. The van der Waals surface area contributed by atoms with E-state index in [0.717, 1.165) is 6.26 Å². The number of carbonyl (C=O) groups excluding carboxylic acids is 2. The molecule has 9 heteroatoms. The highest BCUT2D eigenvalue weighted by atomic mass is 32.2. The molecule has 0 saturated carbocycles. The smallest absolute Gasteiger partial charge is 0.331 e. The lowest BCUT2D eigenvalue weighted by Gasteiger charge is -2.07. The molecule has 0 atom stereocenters.